The molecule has 0 radical (unpaired) electrons. The molecule has 1 amide bonds. The Morgan fingerprint density at radius 1 is 1.15 bits per heavy atom. The van der Waals surface area contributed by atoms with Crippen LogP contribution in [0.1, 0.15) is 27.9 Å². The van der Waals surface area contributed by atoms with Gasteiger partial charge in [0.05, 0.1) is 17.0 Å². The van der Waals surface area contributed by atoms with Crippen LogP contribution in [0.2, 0.25) is 0 Å². The van der Waals surface area contributed by atoms with E-state index in [1.54, 1.807) is 13.0 Å². The zero-order valence-corrected chi connectivity index (χ0v) is 12.6. The Kier molecular flexibility index (Phi) is 3.69. The average Bonchev–Trinajstić information content (AvgIpc) is 2.52. The second-order valence-corrected chi connectivity index (χ2v) is 7.51. The van der Waals surface area contributed by atoms with Crippen LogP contribution in [0.3, 0.4) is 0 Å². The molecule has 108 valence electrons. The normalized spacial score (nSPS) is 14.8. The van der Waals surface area contributed by atoms with Gasteiger partial charge in [0.2, 0.25) is 0 Å². The maximum absolute atomic E-state index is 12.0. The zero-order valence-electron chi connectivity index (χ0n) is 11.8. The molecule has 0 fully saturated rings. The number of anilines is 1. The SMILES string of the molecule is Cc1cc(C)c2c(c1)N(CCCS(C)(=O)=O)C(=O)C2=O. The van der Waals surface area contributed by atoms with Crippen molar-refractivity contribution in [3.63, 3.8) is 0 Å². The Morgan fingerprint density at radius 2 is 1.80 bits per heavy atom. The molecule has 0 bridgehead atoms. The van der Waals surface area contributed by atoms with Crippen LogP contribution in [-0.2, 0) is 14.6 Å². The molecule has 1 aliphatic rings. The largest absolute Gasteiger partial charge is 0.305 e. The summed E-state index contributed by atoms with van der Waals surface area (Å²) in [6.45, 7) is 3.94. The summed E-state index contributed by atoms with van der Waals surface area (Å²) in [5.74, 6) is -1.07. The average molecular weight is 295 g/mol. The fourth-order valence-electron chi connectivity index (χ4n) is 2.50. The standard InChI is InChI=1S/C14H17NO4S/c1-9-7-10(2)12-11(8-9)15(14(17)13(12)16)5-4-6-20(3,18)19/h7-8H,4-6H2,1-3H3. The first-order valence-electron chi connectivity index (χ1n) is 6.36. The van der Waals surface area contributed by atoms with E-state index in [0.29, 0.717) is 17.7 Å². The summed E-state index contributed by atoms with van der Waals surface area (Å²) in [6.07, 6.45) is 1.48. The van der Waals surface area contributed by atoms with Gasteiger partial charge in [-0.1, -0.05) is 6.07 Å². The van der Waals surface area contributed by atoms with Crippen molar-refractivity contribution < 1.29 is 18.0 Å². The number of carbonyl (C=O) groups excluding carboxylic acids is 2. The molecule has 1 aromatic carbocycles. The maximum atomic E-state index is 12.0. The highest BCUT2D eigenvalue weighted by Crippen LogP contribution is 2.32. The van der Waals surface area contributed by atoms with Crippen molar-refractivity contribution in [2.45, 2.75) is 20.3 Å². The third-order valence-corrected chi connectivity index (χ3v) is 4.34. The van der Waals surface area contributed by atoms with Gasteiger partial charge in [-0.3, -0.25) is 9.59 Å². The molecule has 2 rings (SSSR count). The first kappa shape index (κ1) is 14.7. The van der Waals surface area contributed by atoms with Gasteiger partial charge in [-0.15, -0.1) is 0 Å². The molecule has 0 aliphatic carbocycles. The Hall–Kier alpha value is -1.69. The molecule has 0 atom stereocenters. The Morgan fingerprint density at radius 3 is 2.40 bits per heavy atom. The summed E-state index contributed by atoms with van der Waals surface area (Å²) in [5.41, 5.74) is 2.80. The van der Waals surface area contributed by atoms with Crippen molar-refractivity contribution in [3.05, 3.63) is 28.8 Å². The fourth-order valence-corrected chi connectivity index (χ4v) is 3.15. The number of ketones is 1. The van der Waals surface area contributed by atoms with Crippen LogP contribution in [0.4, 0.5) is 5.69 Å². The van der Waals surface area contributed by atoms with E-state index in [9.17, 15) is 18.0 Å². The van der Waals surface area contributed by atoms with E-state index in [-0.39, 0.29) is 12.3 Å². The van der Waals surface area contributed by atoms with Gasteiger partial charge in [-0.05, 0) is 37.5 Å². The molecule has 0 N–H and O–H groups in total. The Balaban J connectivity index is 2.29. The maximum Gasteiger partial charge on any atom is 0.299 e. The number of rotatable bonds is 4. The highest BCUT2D eigenvalue weighted by molar-refractivity contribution is 7.90. The fraction of sp³-hybridized carbons (Fsp3) is 0.429. The first-order valence-corrected chi connectivity index (χ1v) is 8.42. The van der Waals surface area contributed by atoms with Crippen molar-refractivity contribution in [2.75, 3.05) is 23.5 Å². The second kappa shape index (κ2) is 5.01. The molecule has 1 heterocycles. The summed E-state index contributed by atoms with van der Waals surface area (Å²) >= 11 is 0. The summed E-state index contributed by atoms with van der Waals surface area (Å²) in [6, 6.07) is 3.66. The minimum atomic E-state index is -3.06. The minimum Gasteiger partial charge on any atom is -0.305 e. The van der Waals surface area contributed by atoms with Gasteiger partial charge in [0.15, 0.2) is 0 Å². The van der Waals surface area contributed by atoms with Crippen LogP contribution in [0.5, 0.6) is 0 Å². The molecular formula is C14H17NO4S. The van der Waals surface area contributed by atoms with Gasteiger partial charge in [-0.2, -0.15) is 0 Å². The van der Waals surface area contributed by atoms with E-state index >= 15 is 0 Å². The van der Waals surface area contributed by atoms with Crippen LogP contribution in [0, 0.1) is 13.8 Å². The highest BCUT2D eigenvalue weighted by atomic mass is 32.2. The highest BCUT2D eigenvalue weighted by Gasteiger charge is 2.36. The molecule has 6 heteroatoms. The lowest BCUT2D eigenvalue weighted by Gasteiger charge is -2.17. The van der Waals surface area contributed by atoms with E-state index in [4.69, 9.17) is 0 Å². The topological polar surface area (TPSA) is 71.5 Å². The van der Waals surface area contributed by atoms with Crippen LogP contribution in [-0.4, -0.2) is 38.7 Å². The van der Waals surface area contributed by atoms with Crippen molar-refractivity contribution in [3.8, 4) is 0 Å². The van der Waals surface area contributed by atoms with E-state index in [1.165, 1.54) is 4.90 Å². The van der Waals surface area contributed by atoms with Gasteiger partial charge in [-0.25, -0.2) is 8.42 Å². The quantitative estimate of drug-likeness (QED) is 0.784. The predicted octanol–water partition coefficient (Wildman–Crippen LogP) is 1.27. The molecule has 5 nitrogen and oxygen atoms in total. The summed E-state index contributed by atoms with van der Waals surface area (Å²) in [5, 5.41) is 0. The van der Waals surface area contributed by atoms with Crippen LogP contribution in [0.15, 0.2) is 12.1 Å². The van der Waals surface area contributed by atoms with E-state index in [2.05, 4.69) is 0 Å². The number of aryl methyl sites for hydroxylation is 2. The zero-order chi connectivity index (χ0) is 15.1. The van der Waals surface area contributed by atoms with Crippen molar-refractivity contribution in [2.24, 2.45) is 0 Å². The Labute approximate surface area is 118 Å². The molecule has 20 heavy (non-hydrogen) atoms. The number of fused-ring (bicyclic) bond motifs is 1. The van der Waals surface area contributed by atoms with Gasteiger partial charge in [0, 0.05) is 12.8 Å². The molecule has 0 spiro atoms. The number of amides is 1. The molecule has 0 saturated carbocycles. The lowest BCUT2D eigenvalue weighted by molar-refractivity contribution is -0.114. The van der Waals surface area contributed by atoms with Crippen molar-refractivity contribution in [1.82, 2.24) is 0 Å². The van der Waals surface area contributed by atoms with Gasteiger partial charge in [0.1, 0.15) is 9.84 Å². The first-order chi connectivity index (χ1) is 9.20. The number of carbonyl (C=O) groups is 2. The number of hydrogen-bond donors (Lipinski definition) is 0. The predicted molar refractivity (Wildman–Crippen MR) is 76.9 cm³/mol. The smallest absolute Gasteiger partial charge is 0.299 e. The van der Waals surface area contributed by atoms with Crippen LogP contribution < -0.4 is 4.90 Å². The number of hydrogen-bond acceptors (Lipinski definition) is 4. The van der Waals surface area contributed by atoms with Gasteiger partial charge in [0.25, 0.3) is 11.7 Å². The lowest BCUT2D eigenvalue weighted by atomic mass is 10.0. The summed E-state index contributed by atoms with van der Waals surface area (Å²) < 4.78 is 22.3. The molecule has 1 aliphatic heterocycles. The summed E-state index contributed by atoms with van der Waals surface area (Å²) in [7, 11) is -3.06. The lowest BCUT2D eigenvalue weighted by Crippen LogP contribution is -2.31. The molecule has 0 unspecified atom stereocenters. The molecule has 1 aromatic rings. The summed E-state index contributed by atoms with van der Waals surface area (Å²) in [4.78, 5) is 25.4. The van der Waals surface area contributed by atoms with E-state index < -0.39 is 21.5 Å². The van der Waals surface area contributed by atoms with Crippen LogP contribution in [0.25, 0.3) is 0 Å². The van der Waals surface area contributed by atoms with E-state index in [1.807, 2.05) is 13.0 Å². The van der Waals surface area contributed by atoms with E-state index in [0.717, 1.165) is 17.4 Å². The molecule has 0 aromatic heterocycles. The minimum absolute atomic E-state index is 0.00506. The number of sulfone groups is 1. The number of Topliss-reactive ketones (excluding diaryl/α,β-unsaturated/α-hetero) is 1. The van der Waals surface area contributed by atoms with Gasteiger partial charge >= 0.3 is 0 Å². The second-order valence-electron chi connectivity index (χ2n) is 5.25. The third kappa shape index (κ3) is 2.75. The number of benzene rings is 1. The molecule has 0 saturated heterocycles. The third-order valence-electron chi connectivity index (χ3n) is 3.31. The Bertz CT molecular complexity index is 691. The van der Waals surface area contributed by atoms with Crippen LogP contribution >= 0.6 is 0 Å². The van der Waals surface area contributed by atoms with Gasteiger partial charge < -0.3 is 4.90 Å². The van der Waals surface area contributed by atoms with Crippen molar-refractivity contribution in [1.29, 1.82) is 0 Å². The number of nitrogens with zero attached hydrogens (tertiary/aromatic N) is 1. The molecular weight excluding hydrogens is 278 g/mol. The monoisotopic (exact) mass is 295 g/mol. The van der Waals surface area contributed by atoms with Crippen molar-refractivity contribution >= 4 is 27.2 Å².